The van der Waals surface area contributed by atoms with Crippen LogP contribution in [0.4, 0.5) is 0 Å². The molecule has 0 spiro atoms. The molecule has 1 aliphatic heterocycles. The number of hydrogen-bond donors (Lipinski definition) is 2. The summed E-state index contributed by atoms with van der Waals surface area (Å²) >= 11 is 4.23. The lowest BCUT2D eigenvalue weighted by molar-refractivity contribution is -0.127. The zero-order valence-electron chi connectivity index (χ0n) is 8.52. The highest BCUT2D eigenvalue weighted by molar-refractivity contribution is 7.80. The van der Waals surface area contributed by atoms with Crippen LogP contribution >= 0.6 is 12.6 Å². The molecule has 1 atom stereocenters. The highest BCUT2D eigenvalue weighted by atomic mass is 32.1. The number of amides is 1. The minimum atomic E-state index is 0.251. The first-order valence-electron chi connectivity index (χ1n) is 5.16. The standard InChI is InChI=1S/C10H15N3OS/c14-10-5-8(7-15)6-13(10)4-1-9-11-2-3-12-9/h2-3,8,15H,1,4-7H2,(H,11,12). The number of likely N-dealkylation sites (tertiary alicyclic amines) is 1. The number of imidazole rings is 1. The van der Waals surface area contributed by atoms with Crippen molar-refractivity contribution in [3.8, 4) is 0 Å². The number of nitrogens with one attached hydrogen (secondary N) is 1. The third-order valence-electron chi connectivity index (χ3n) is 2.73. The molecule has 0 bridgehead atoms. The van der Waals surface area contributed by atoms with Crippen LogP contribution in [0.15, 0.2) is 12.4 Å². The van der Waals surface area contributed by atoms with Gasteiger partial charge in [-0.15, -0.1) is 0 Å². The van der Waals surface area contributed by atoms with E-state index in [4.69, 9.17) is 0 Å². The van der Waals surface area contributed by atoms with Gasteiger partial charge in [-0.05, 0) is 11.7 Å². The fraction of sp³-hybridized carbons (Fsp3) is 0.600. The monoisotopic (exact) mass is 225 g/mol. The molecule has 1 amide bonds. The predicted molar refractivity (Wildman–Crippen MR) is 60.8 cm³/mol. The van der Waals surface area contributed by atoms with E-state index in [0.29, 0.717) is 12.3 Å². The Bertz CT molecular complexity index is 325. The lowest BCUT2D eigenvalue weighted by atomic mass is 10.1. The molecule has 1 aromatic heterocycles. The minimum Gasteiger partial charge on any atom is -0.349 e. The van der Waals surface area contributed by atoms with E-state index in [1.807, 2.05) is 4.90 Å². The van der Waals surface area contributed by atoms with Crippen LogP contribution in [0.2, 0.25) is 0 Å². The fourth-order valence-electron chi connectivity index (χ4n) is 1.87. The van der Waals surface area contributed by atoms with E-state index in [9.17, 15) is 4.79 Å². The van der Waals surface area contributed by atoms with Gasteiger partial charge in [0, 0.05) is 38.3 Å². The van der Waals surface area contributed by atoms with Crippen molar-refractivity contribution in [2.24, 2.45) is 5.92 Å². The molecule has 0 saturated carbocycles. The first-order chi connectivity index (χ1) is 7.29. The Kier molecular flexibility index (Phi) is 3.30. The third-order valence-corrected chi connectivity index (χ3v) is 3.24. The molecule has 5 heteroatoms. The van der Waals surface area contributed by atoms with Gasteiger partial charge in [0.15, 0.2) is 0 Å². The van der Waals surface area contributed by atoms with Gasteiger partial charge in [0.1, 0.15) is 5.82 Å². The summed E-state index contributed by atoms with van der Waals surface area (Å²) in [6.45, 7) is 1.61. The first-order valence-corrected chi connectivity index (χ1v) is 5.79. The van der Waals surface area contributed by atoms with Gasteiger partial charge < -0.3 is 9.88 Å². The average Bonchev–Trinajstić information content (AvgIpc) is 2.84. The second-order valence-corrected chi connectivity index (χ2v) is 4.24. The largest absolute Gasteiger partial charge is 0.349 e. The van der Waals surface area contributed by atoms with Crippen LogP contribution in [0.5, 0.6) is 0 Å². The van der Waals surface area contributed by atoms with Crippen LogP contribution in [0.1, 0.15) is 12.2 Å². The number of hydrogen-bond acceptors (Lipinski definition) is 3. The Morgan fingerprint density at radius 2 is 2.53 bits per heavy atom. The van der Waals surface area contributed by atoms with E-state index in [2.05, 4.69) is 22.6 Å². The van der Waals surface area contributed by atoms with Crippen molar-refractivity contribution >= 4 is 18.5 Å². The minimum absolute atomic E-state index is 0.251. The highest BCUT2D eigenvalue weighted by Crippen LogP contribution is 2.18. The van der Waals surface area contributed by atoms with Crippen molar-refractivity contribution < 1.29 is 4.79 Å². The van der Waals surface area contributed by atoms with Crippen LogP contribution in [-0.4, -0.2) is 39.6 Å². The maximum absolute atomic E-state index is 11.6. The molecule has 15 heavy (non-hydrogen) atoms. The summed E-state index contributed by atoms with van der Waals surface area (Å²) < 4.78 is 0. The summed E-state index contributed by atoms with van der Waals surface area (Å²) in [6.07, 6.45) is 5.00. The Hall–Kier alpha value is -0.970. The Morgan fingerprint density at radius 1 is 1.67 bits per heavy atom. The molecule has 2 rings (SSSR count). The van der Waals surface area contributed by atoms with E-state index in [1.54, 1.807) is 12.4 Å². The van der Waals surface area contributed by atoms with E-state index < -0.39 is 0 Å². The molecule has 2 heterocycles. The van der Waals surface area contributed by atoms with Gasteiger partial charge in [0.25, 0.3) is 0 Å². The third kappa shape index (κ3) is 2.53. The number of carbonyl (C=O) groups is 1. The quantitative estimate of drug-likeness (QED) is 0.742. The number of aromatic amines is 1. The highest BCUT2D eigenvalue weighted by Gasteiger charge is 2.27. The van der Waals surface area contributed by atoms with Crippen LogP contribution in [0, 0.1) is 5.92 Å². The molecule has 0 radical (unpaired) electrons. The summed E-state index contributed by atoms with van der Waals surface area (Å²) in [5.41, 5.74) is 0. The smallest absolute Gasteiger partial charge is 0.222 e. The van der Waals surface area contributed by atoms with Crippen LogP contribution < -0.4 is 0 Å². The molecular weight excluding hydrogens is 210 g/mol. The maximum atomic E-state index is 11.6. The molecule has 1 N–H and O–H groups in total. The summed E-state index contributed by atoms with van der Waals surface area (Å²) in [5.74, 6) is 2.42. The topological polar surface area (TPSA) is 49.0 Å². The maximum Gasteiger partial charge on any atom is 0.222 e. The molecule has 4 nitrogen and oxygen atoms in total. The van der Waals surface area contributed by atoms with E-state index in [1.165, 1.54) is 0 Å². The van der Waals surface area contributed by atoms with Gasteiger partial charge in [-0.3, -0.25) is 4.79 Å². The zero-order valence-corrected chi connectivity index (χ0v) is 9.41. The van der Waals surface area contributed by atoms with Crippen molar-refractivity contribution in [3.05, 3.63) is 18.2 Å². The van der Waals surface area contributed by atoms with Crippen LogP contribution in [0.3, 0.4) is 0 Å². The Morgan fingerprint density at radius 3 is 3.13 bits per heavy atom. The average molecular weight is 225 g/mol. The normalized spacial score (nSPS) is 21.3. The Labute approximate surface area is 94.5 Å². The van der Waals surface area contributed by atoms with Crippen LogP contribution in [0.25, 0.3) is 0 Å². The second-order valence-electron chi connectivity index (χ2n) is 3.88. The number of carbonyl (C=O) groups excluding carboxylic acids is 1. The lowest BCUT2D eigenvalue weighted by Gasteiger charge is -2.15. The molecule has 1 unspecified atom stereocenters. The fourth-order valence-corrected chi connectivity index (χ4v) is 2.11. The van der Waals surface area contributed by atoms with Crippen molar-refractivity contribution in [3.63, 3.8) is 0 Å². The number of H-pyrrole nitrogens is 1. The first kappa shape index (κ1) is 10.5. The number of nitrogens with zero attached hydrogens (tertiary/aromatic N) is 2. The van der Waals surface area contributed by atoms with Crippen molar-refractivity contribution in [2.75, 3.05) is 18.8 Å². The van der Waals surface area contributed by atoms with Crippen LogP contribution in [-0.2, 0) is 11.2 Å². The molecule has 1 aliphatic rings. The molecule has 1 fully saturated rings. The van der Waals surface area contributed by atoms with Gasteiger partial charge in [0.2, 0.25) is 5.91 Å². The SMILES string of the molecule is O=C1CC(CS)CN1CCc1ncc[nH]1. The number of rotatable bonds is 4. The lowest BCUT2D eigenvalue weighted by Crippen LogP contribution is -2.27. The molecule has 82 valence electrons. The van der Waals surface area contributed by atoms with E-state index >= 15 is 0 Å². The summed E-state index contributed by atoms with van der Waals surface area (Å²) in [4.78, 5) is 20.6. The molecule has 0 aromatic carbocycles. The zero-order chi connectivity index (χ0) is 10.7. The van der Waals surface area contributed by atoms with Crippen molar-refractivity contribution in [2.45, 2.75) is 12.8 Å². The summed E-state index contributed by atoms with van der Waals surface area (Å²) in [6, 6.07) is 0. The number of aromatic nitrogens is 2. The molecule has 1 saturated heterocycles. The molecule has 0 aliphatic carbocycles. The molecule has 1 aromatic rings. The summed E-state index contributed by atoms with van der Waals surface area (Å²) in [7, 11) is 0. The Balaban J connectivity index is 1.83. The second kappa shape index (κ2) is 4.70. The van der Waals surface area contributed by atoms with Gasteiger partial charge in [-0.25, -0.2) is 4.98 Å². The van der Waals surface area contributed by atoms with E-state index in [-0.39, 0.29) is 5.91 Å². The number of thiol groups is 1. The molecular formula is C10H15N3OS. The van der Waals surface area contributed by atoms with Gasteiger partial charge in [-0.1, -0.05) is 0 Å². The van der Waals surface area contributed by atoms with Gasteiger partial charge in [0.05, 0.1) is 0 Å². The van der Waals surface area contributed by atoms with Gasteiger partial charge >= 0.3 is 0 Å². The summed E-state index contributed by atoms with van der Waals surface area (Å²) in [5, 5.41) is 0. The van der Waals surface area contributed by atoms with Gasteiger partial charge in [-0.2, -0.15) is 12.6 Å². The van der Waals surface area contributed by atoms with Crippen molar-refractivity contribution in [1.82, 2.24) is 14.9 Å². The van der Waals surface area contributed by atoms with Crippen molar-refractivity contribution in [1.29, 1.82) is 0 Å². The van der Waals surface area contributed by atoms with E-state index in [0.717, 1.165) is 31.1 Å². The predicted octanol–water partition coefficient (Wildman–Crippen LogP) is 0.730.